The molecule has 0 saturated heterocycles. The molecule has 98 valence electrons. The van der Waals surface area contributed by atoms with Gasteiger partial charge in [0.15, 0.2) is 0 Å². The van der Waals surface area contributed by atoms with E-state index in [9.17, 15) is 0 Å². The Bertz CT molecular complexity index is 425. The Morgan fingerprint density at radius 1 is 1.50 bits per heavy atom. The van der Waals surface area contributed by atoms with Crippen molar-refractivity contribution in [3.8, 4) is 0 Å². The van der Waals surface area contributed by atoms with Crippen LogP contribution in [0.3, 0.4) is 0 Å². The number of thiocarbonyl (C=S) groups is 1. The van der Waals surface area contributed by atoms with Gasteiger partial charge in [-0.05, 0) is 36.8 Å². The molecule has 1 aliphatic carbocycles. The topological polar surface area (TPSA) is 50.9 Å². The number of hydrogen-bond acceptors (Lipinski definition) is 3. The molecule has 0 spiro atoms. The monoisotopic (exact) mass is 263 g/mol. The largest absolute Gasteiger partial charge is 0.389 e. The smallest absolute Gasteiger partial charge is 0.126 e. The summed E-state index contributed by atoms with van der Waals surface area (Å²) in [6.45, 7) is 3.28. The molecule has 0 aromatic carbocycles. The number of nitrogens with zero attached hydrogens (tertiary/aromatic N) is 1. The van der Waals surface area contributed by atoms with Crippen molar-refractivity contribution in [3.05, 3.63) is 23.9 Å². The minimum atomic E-state index is 0.423. The van der Waals surface area contributed by atoms with Gasteiger partial charge in [-0.1, -0.05) is 32.0 Å². The van der Waals surface area contributed by atoms with Crippen molar-refractivity contribution in [1.82, 2.24) is 4.98 Å². The molecule has 1 fully saturated rings. The molecule has 1 heterocycles. The minimum Gasteiger partial charge on any atom is -0.389 e. The van der Waals surface area contributed by atoms with Gasteiger partial charge in [0, 0.05) is 18.3 Å². The zero-order valence-electron chi connectivity index (χ0n) is 10.9. The third-order valence-corrected chi connectivity index (χ3v) is 4.34. The Morgan fingerprint density at radius 3 is 2.83 bits per heavy atom. The molecule has 0 aliphatic heterocycles. The first-order chi connectivity index (χ1) is 8.65. The quantitative estimate of drug-likeness (QED) is 0.802. The summed E-state index contributed by atoms with van der Waals surface area (Å²) in [4.78, 5) is 4.74. The van der Waals surface area contributed by atoms with E-state index in [-0.39, 0.29) is 0 Å². The molecule has 0 radical (unpaired) electrons. The molecule has 0 atom stereocenters. The number of anilines is 1. The van der Waals surface area contributed by atoms with Crippen LogP contribution in [0.5, 0.6) is 0 Å². The van der Waals surface area contributed by atoms with E-state index >= 15 is 0 Å². The molecule has 18 heavy (non-hydrogen) atoms. The van der Waals surface area contributed by atoms with Crippen LogP contribution in [0.25, 0.3) is 0 Å². The van der Waals surface area contributed by atoms with E-state index in [1.165, 1.54) is 32.1 Å². The Kier molecular flexibility index (Phi) is 4.17. The number of aromatic nitrogens is 1. The summed E-state index contributed by atoms with van der Waals surface area (Å²) in [5.74, 6) is 0.875. The number of pyridine rings is 1. The van der Waals surface area contributed by atoms with E-state index in [0.717, 1.165) is 17.9 Å². The second-order valence-corrected chi connectivity index (χ2v) is 5.65. The maximum absolute atomic E-state index is 5.63. The molecule has 3 nitrogen and oxygen atoms in total. The average Bonchev–Trinajstić information content (AvgIpc) is 2.86. The maximum atomic E-state index is 5.63. The second kappa shape index (κ2) is 5.65. The molecular weight excluding hydrogens is 242 g/mol. The molecule has 0 amide bonds. The number of hydrogen-bond donors (Lipinski definition) is 2. The van der Waals surface area contributed by atoms with Gasteiger partial charge in [-0.15, -0.1) is 0 Å². The SMILES string of the molecule is CCC1(CNc2cc(C(N)=S)ccn2)CCCC1. The van der Waals surface area contributed by atoms with E-state index < -0.39 is 0 Å². The molecule has 1 aliphatic rings. The van der Waals surface area contributed by atoms with Gasteiger partial charge < -0.3 is 11.1 Å². The summed E-state index contributed by atoms with van der Waals surface area (Å²) in [6.07, 6.45) is 8.35. The number of nitrogens with two attached hydrogens (primary N) is 1. The molecular formula is C14H21N3S. The highest BCUT2D eigenvalue weighted by molar-refractivity contribution is 7.80. The third-order valence-electron chi connectivity index (χ3n) is 4.10. The minimum absolute atomic E-state index is 0.423. The van der Waals surface area contributed by atoms with E-state index in [0.29, 0.717) is 10.4 Å². The Morgan fingerprint density at radius 2 is 2.22 bits per heavy atom. The molecule has 0 unspecified atom stereocenters. The van der Waals surface area contributed by atoms with Gasteiger partial charge in [0.25, 0.3) is 0 Å². The predicted molar refractivity (Wildman–Crippen MR) is 79.8 cm³/mol. The lowest BCUT2D eigenvalue weighted by Gasteiger charge is -2.28. The van der Waals surface area contributed by atoms with Gasteiger partial charge in [-0.3, -0.25) is 0 Å². The van der Waals surface area contributed by atoms with Gasteiger partial charge >= 0.3 is 0 Å². The van der Waals surface area contributed by atoms with E-state index in [1.54, 1.807) is 6.20 Å². The van der Waals surface area contributed by atoms with Crippen LogP contribution in [-0.4, -0.2) is 16.5 Å². The standard InChI is InChI=1S/C14H21N3S/c1-2-14(6-3-4-7-14)10-17-12-9-11(13(15)18)5-8-16-12/h5,8-9H,2-4,6-7,10H2,1H3,(H2,15,18)(H,16,17). The van der Waals surface area contributed by atoms with Crippen molar-refractivity contribution in [1.29, 1.82) is 0 Å². The predicted octanol–water partition coefficient (Wildman–Crippen LogP) is 3.10. The first-order valence-corrected chi connectivity index (χ1v) is 7.06. The fraction of sp³-hybridized carbons (Fsp3) is 0.571. The fourth-order valence-corrected chi connectivity index (χ4v) is 2.87. The third kappa shape index (κ3) is 2.99. The molecule has 1 saturated carbocycles. The fourth-order valence-electron chi connectivity index (χ4n) is 2.74. The van der Waals surface area contributed by atoms with E-state index in [4.69, 9.17) is 18.0 Å². The van der Waals surface area contributed by atoms with Gasteiger partial charge in [0.2, 0.25) is 0 Å². The van der Waals surface area contributed by atoms with Crippen molar-refractivity contribution < 1.29 is 0 Å². The van der Waals surface area contributed by atoms with E-state index in [2.05, 4.69) is 17.2 Å². The molecule has 3 N–H and O–H groups in total. The van der Waals surface area contributed by atoms with Crippen LogP contribution >= 0.6 is 12.2 Å². The maximum Gasteiger partial charge on any atom is 0.126 e. The van der Waals surface area contributed by atoms with Crippen LogP contribution in [0.4, 0.5) is 5.82 Å². The molecule has 1 aromatic rings. The van der Waals surface area contributed by atoms with Crippen LogP contribution in [0.15, 0.2) is 18.3 Å². The van der Waals surface area contributed by atoms with E-state index in [1.807, 2.05) is 12.1 Å². The first kappa shape index (κ1) is 13.3. The van der Waals surface area contributed by atoms with Crippen LogP contribution in [0.2, 0.25) is 0 Å². The lowest BCUT2D eigenvalue weighted by atomic mass is 9.83. The van der Waals surface area contributed by atoms with Gasteiger partial charge in [-0.2, -0.15) is 0 Å². The Balaban J connectivity index is 2.01. The zero-order valence-corrected chi connectivity index (χ0v) is 11.7. The number of rotatable bonds is 5. The molecule has 0 bridgehead atoms. The lowest BCUT2D eigenvalue weighted by molar-refractivity contribution is 0.306. The van der Waals surface area contributed by atoms with Crippen LogP contribution in [0, 0.1) is 5.41 Å². The zero-order chi connectivity index (χ0) is 13.0. The second-order valence-electron chi connectivity index (χ2n) is 5.21. The molecule has 4 heteroatoms. The summed E-state index contributed by atoms with van der Waals surface area (Å²) in [6, 6.07) is 3.78. The van der Waals surface area contributed by atoms with Crippen molar-refractivity contribution in [2.75, 3.05) is 11.9 Å². The summed E-state index contributed by atoms with van der Waals surface area (Å²) >= 11 is 4.98. The normalized spacial score (nSPS) is 17.6. The van der Waals surface area contributed by atoms with Crippen LogP contribution in [-0.2, 0) is 0 Å². The van der Waals surface area contributed by atoms with Gasteiger partial charge in [0.1, 0.15) is 10.8 Å². The van der Waals surface area contributed by atoms with Crippen molar-refractivity contribution >= 4 is 23.0 Å². The Hall–Kier alpha value is -1.16. The highest BCUT2D eigenvalue weighted by atomic mass is 32.1. The molecule has 1 aromatic heterocycles. The van der Waals surface area contributed by atoms with Crippen molar-refractivity contribution in [2.24, 2.45) is 11.1 Å². The summed E-state index contributed by atoms with van der Waals surface area (Å²) < 4.78 is 0. The highest BCUT2D eigenvalue weighted by Crippen LogP contribution is 2.40. The van der Waals surface area contributed by atoms with Gasteiger partial charge in [-0.25, -0.2) is 4.98 Å². The Labute approximate surface area is 114 Å². The lowest BCUT2D eigenvalue weighted by Crippen LogP contribution is -2.26. The average molecular weight is 263 g/mol. The first-order valence-electron chi connectivity index (χ1n) is 6.65. The van der Waals surface area contributed by atoms with Crippen LogP contribution < -0.4 is 11.1 Å². The molecule has 2 rings (SSSR count). The summed E-state index contributed by atoms with van der Waals surface area (Å²) in [7, 11) is 0. The number of nitrogens with one attached hydrogen (secondary N) is 1. The van der Waals surface area contributed by atoms with Crippen LogP contribution in [0.1, 0.15) is 44.6 Å². The van der Waals surface area contributed by atoms with Crippen molar-refractivity contribution in [2.45, 2.75) is 39.0 Å². The highest BCUT2D eigenvalue weighted by Gasteiger charge is 2.31. The van der Waals surface area contributed by atoms with Crippen molar-refractivity contribution in [3.63, 3.8) is 0 Å². The van der Waals surface area contributed by atoms with Gasteiger partial charge in [0.05, 0.1) is 0 Å². The summed E-state index contributed by atoms with van der Waals surface area (Å²) in [5.41, 5.74) is 6.96. The summed E-state index contributed by atoms with van der Waals surface area (Å²) in [5, 5.41) is 3.45.